The number of nitrogens with one attached hydrogen (secondary N) is 1. The lowest BCUT2D eigenvalue weighted by Crippen LogP contribution is -2.38. The number of likely N-dealkylation sites (tertiary alicyclic amines) is 1. The lowest BCUT2D eigenvalue weighted by Gasteiger charge is -2.27. The molecule has 1 amide bonds. The fraction of sp³-hybridized carbons (Fsp3) is 0.435. The molecule has 0 saturated carbocycles. The molecule has 5 nitrogen and oxygen atoms in total. The van der Waals surface area contributed by atoms with E-state index in [1.807, 2.05) is 37.3 Å². The van der Waals surface area contributed by atoms with Gasteiger partial charge in [0.05, 0.1) is 26.8 Å². The monoisotopic (exact) mass is 382 g/mol. The minimum atomic E-state index is -0.0129. The molecule has 2 aromatic carbocycles. The van der Waals surface area contributed by atoms with Gasteiger partial charge in [-0.3, -0.25) is 9.69 Å². The SMILES string of the molecule is COc1ccc(OC)c([C@@H]2CCCN2CC(=O)N[C@H](C)c2ccccc2C)c1. The fourth-order valence-corrected chi connectivity index (χ4v) is 4.09. The van der Waals surface area contributed by atoms with Crippen molar-refractivity contribution in [2.75, 3.05) is 27.3 Å². The third-order valence-electron chi connectivity index (χ3n) is 5.54. The van der Waals surface area contributed by atoms with Crippen LogP contribution in [0.3, 0.4) is 0 Å². The summed E-state index contributed by atoms with van der Waals surface area (Å²) >= 11 is 0. The number of amides is 1. The molecule has 0 aromatic heterocycles. The highest BCUT2D eigenvalue weighted by Gasteiger charge is 2.30. The zero-order valence-corrected chi connectivity index (χ0v) is 17.2. The Kier molecular flexibility index (Phi) is 6.57. The van der Waals surface area contributed by atoms with Crippen molar-refractivity contribution in [1.82, 2.24) is 10.2 Å². The number of hydrogen-bond donors (Lipinski definition) is 1. The fourth-order valence-electron chi connectivity index (χ4n) is 4.09. The summed E-state index contributed by atoms with van der Waals surface area (Å²) in [6.07, 6.45) is 2.07. The van der Waals surface area contributed by atoms with Crippen molar-refractivity contribution in [1.29, 1.82) is 0 Å². The van der Waals surface area contributed by atoms with Gasteiger partial charge in [-0.1, -0.05) is 24.3 Å². The topological polar surface area (TPSA) is 50.8 Å². The van der Waals surface area contributed by atoms with E-state index in [0.29, 0.717) is 6.54 Å². The van der Waals surface area contributed by atoms with Crippen LogP contribution in [0.4, 0.5) is 0 Å². The maximum absolute atomic E-state index is 12.7. The molecule has 1 fully saturated rings. The second kappa shape index (κ2) is 9.11. The van der Waals surface area contributed by atoms with E-state index in [0.717, 1.165) is 42.0 Å². The second-order valence-electron chi connectivity index (χ2n) is 7.38. The van der Waals surface area contributed by atoms with Crippen LogP contribution in [0.15, 0.2) is 42.5 Å². The van der Waals surface area contributed by atoms with Crippen molar-refractivity contribution in [3.8, 4) is 11.5 Å². The summed E-state index contributed by atoms with van der Waals surface area (Å²) in [7, 11) is 3.35. The summed E-state index contributed by atoms with van der Waals surface area (Å²) < 4.78 is 11.0. The Labute approximate surface area is 167 Å². The van der Waals surface area contributed by atoms with Crippen LogP contribution in [0.5, 0.6) is 11.5 Å². The van der Waals surface area contributed by atoms with Crippen LogP contribution in [0.2, 0.25) is 0 Å². The second-order valence-corrected chi connectivity index (χ2v) is 7.38. The Balaban J connectivity index is 1.70. The van der Waals surface area contributed by atoms with Gasteiger partial charge in [0, 0.05) is 11.6 Å². The molecule has 0 radical (unpaired) electrons. The summed E-state index contributed by atoms with van der Waals surface area (Å²) in [5.74, 6) is 1.69. The van der Waals surface area contributed by atoms with Gasteiger partial charge in [-0.15, -0.1) is 0 Å². The minimum Gasteiger partial charge on any atom is -0.497 e. The molecule has 150 valence electrons. The largest absolute Gasteiger partial charge is 0.497 e. The van der Waals surface area contributed by atoms with Crippen LogP contribution in [0, 0.1) is 6.92 Å². The Bertz CT molecular complexity index is 821. The number of aryl methyl sites for hydroxylation is 1. The number of hydrogen-bond acceptors (Lipinski definition) is 4. The number of benzene rings is 2. The molecule has 1 heterocycles. The molecule has 1 saturated heterocycles. The molecule has 0 spiro atoms. The molecule has 2 atom stereocenters. The van der Waals surface area contributed by atoms with Gasteiger partial charge in [0.25, 0.3) is 0 Å². The third-order valence-corrected chi connectivity index (χ3v) is 5.54. The Morgan fingerprint density at radius 1 is 1.21 bits per heavy atom. The normalized spacial score (nSPS) is 17.9. The number of nitrogens with zero attached hydrogens (tertiary/aromatic N) is 1. The quantitative estimate of drug-likeness (QED) is 0.786. The van der Waals surface area contributed by atoms with E-state index in [4.69, 9.17) is 9.47 Å². The summed E-state index contributed by atoms with van der Waals surface area (Å²) in [6.45, 7) is 5.38. The van der Waals surface area contributed by atoms with Crippen LogP contribution in [-0.2, 0) is 4.79 Å². The molecule has 0 aliphatic carbocycles. The molecule has 0 bridgehead atoms. The molecular formula is C23H30N2O3. The standard InChI is InChI=1S/C23H30N2O3/c1-16-8-5-6-9-19(16)17(2)24-23(26)15-25-13-7-10-21(25)20-14-18(27-3)11-12-22(20)28-4/h5-6,8-9,11-12,14,17,21H,7,10,13,15H2,1-4H3,(H,24,26)/t17-,21+/m1/s1. The molecule has 28 heavy (non-hydrogen) atoms. The van der Waals surface area contributed by atoms with Crippen LogP contribution in [-0.4, -0.2) is 38.1 Å². The zero-order chi connectivity index (χ0) is 20.1. The Morgan fingerprint density at radius 3 is 2.71 bits per heavy atom. The van der Waals surface area contributed by atoms with E-state index in [1.54, 1.807) is 14.2 Å². The summed E-state index contributed by atoms with van der Waals surface area (Å²) in [6, 6.07) is 14.2. The first-order valence-electron chi connectivity index (χ1n) is 9.84. The highest BCUT2D eigenvalue weighted by Crippen LogP contribution is 2.38. The maximum Gasteiger partial charge on any atom is 0.234 e. The van der Waals surface area contributed by atoms with Crippen LogP contribution in [0.1, 0.15) is 48.5 Å². The van der Waals surface area contributed by atoms with Crippen molar-refractivity contribution >= 4 is 5.91 Å². The van der Waals surface area contributed by atoms with Gasteiger partial charge in [0.15, 0.2) is 0 Å². The molecule has 0 unspecified atom stereocenters. The molecule has 1 aliphatic heterocycles. The van der Waals surface area contributed by atoms with Crippen molar-refractivity contribution in [2.45, 2.75) is 38.8 Å². The number of carbonyl (C=O) groups is 1. The van der Waals surface area contributed by atoms with Gasteiger partial charge in [-0.25, -0.2) is 0 Å². The lowest BCUT2D eigenvalue weighted by molar-refractivity contribution is -0.123. The number of carbonyl (C=O) groups excluding carboxylic acids is 1. The van der Waals surface area contributed by atoms with Gasteiger partial charge in [0.2, 0.25) is 5.91 Å². The summed E-state index contributed by atoms with van der Waals surface area (Å²) in [5, 5.41) is 3.15. The molecule has 1 aliphatic rings. The minimum absolute atomic E-state index is 0.0129. The van der Waals surface area contributed by atoms with Crippen molar-refractivity contribution < 1.29 is 14.3 Å². The maximum atomic E-state index is 12.7. The van der Waals surface area contributed by atoms with Gasteiger partial charge in [-0.05, 0) is 62.6 Å². The third kappa shape index (κ3) is 4.47. The van der Waals surface area contributed by atoms with Crippen molar-refractivity contribution in [3.05, 3.63) is 59.2 Å². The zero-order valence-electron chi connectivity index (χ0n) is 17.2. The molecular weight excluding hydrogens is 352 g/mol. The van der Waals surface area contributed by atoms with E-state index in [-0.39, 0.29) is 18.0 Å². The van der Waals surface area contributed by atoms with E-state index in [1.165, 1.54) is 5.56 Å². The summed E-state index contributed by atoms with van der Waals surface area (Å²) in [4.78, 5) is 15.0. The van der Waals surface area contributed by atoms with Gasteiger partial charge in [-0.2, -0.15) is 0 Å². The molecule has 2 aromatic rings. The van der Waals surface area contributed by atoms with E-state index < -0.39 is 0 Å². The Hall–Kier alpha value is -2.53. The van der Waals surface area contributed by atoms with Crippen LogP contribution >= 0.6 is 0 Å². The van der Waals surface area contributed by atoms with Crippen molar-refractivity contribution in [2.24, 2.45) is 0 Å². The Morgan fingerprint density at radius 2 is 2.00 bits per heavy atom. The number of ether oxygens (including phenoxy) is 2. The van der Waals surface area contributed by atoms with E-state index in [9.17, 15) is 4.79 Å². The highest BCUT2D eigenvalue weighted by atomic mass is 16.5. The van der Waals surface area contributed by atoms with E-state index >= 15 is 0 Å². The van der Waals surface area contributed by atoms with Gasteiger partial charge in [0.1, 0.15) is 11.5 Å². The van der Waals surface area contributed by atoms with Gasteiger partial charge >= 0.3 is 0 Å². The average Bonchev–Trinajstić information content (AvgIpc) is 3.15. The first-order valence-corrected chi connectivity index (χ1v) is 9.84. The van der Waals surface area contributed by atoms with Crippen LogP contribution < -0.4 is 14.8 Å². The predicted octanol–water partition coefficient (Wildman–Crippen LogP) is 4.03. The smallest absolute Gasteiger partial charge is 0.234 e. The predicted molar refractivity (Wildman–Crippen MR) is 111 cm³/mol. The van der Waals surface area contributed by atoms with Gasteiger partial charge < -0.3 is 14.8 Å². The van der Waals surface area contributed by atoms with Crippen LogP contribution in [0.25, 0.3) is 0 Å². The number of rotatable bonds is 7. The first kappa shape index (κ1) is 20.2. The molecule has 1 N–H and O–H groups in total. The highest BCUT2D eigenvalue weighted by molar-refractivity contribution is 5.78. The average molecular weight is 383 g/mol. The number of methoxy groups -OCH3 is 2. The molecule has 3 rings (SSSR count). The molecule has 5 heteroatoms. The van der Waals surface area contributed by atoms with E-state index in [2.05, 4.69) is 29.3 Å². The first-order chi connectivity index (χ1) is 13.5. The van der Waals surface area contributed by atoms with Crippen molar-refractivity contribution in [3.63, 3.8) is 0 Å². The lowest BCUT2D eigenvalue weighted by atomic mass is 10.0. The summed E-state index contributed by atoms with van der Waals surface area (Å²) in [5.41, 5.74) is 3.43.